The molecule has 0 saturated carbocycles. The maximum absolute atomic E-state index is 12.6. The van der Waals surface area contributed by atoms with Crippen LogP contribution in [0.1, 0.15) is 43.0 Å². The Morgan fingerprint density at radius 3 is 2.42 bits per heavy atom. The molecule has 158 valence electrons. The Labute approximate surface area is 180 Å². The lowest BCUT2D eigenvalue weighted by atomic mass is 10.1. The number of carbonyl (C=O) groups is 1. The van der Waals surface area contributed by atoms with Gasteiger partial charge in [-0.05, 0) is 65.7 Å². The molecule has 0 N–H and O–H groups in total. The lowest BCUT2D eigenvalue weighted by molar-refractivity contribution is 0.0735. The SMILES string of the molecule is CCCCCCOc1ccc2cc(C(=O)Oc3ccc4oc(=O)ccc4c3)ccc2c1. The molecule has 31 heavy (non-hydrogen) atoms. The van der Waals surface area contributed by atoms with Gasteiger partial charge in [-0.2, -0.15) is 0 Å². The zero-order valence-corrected chi connectivity index (χ0v) is 17.4. The predicted octanol–water partition coefficient (Wildman–Crippen LogP) is 6.12. The van der Waals surface area contributed by atoms with Crippen LogP contribution in [0.3, 0.4) is 0 Å². The van der Waals surface area contributed by atoms with Crippen LogP contribution in [0.2, 0.25) is 0 Å². The van der Waals surface area contributed by atoms with Gasteiger partial charge in [0.1, 0.15) is 17.1 Å². The van der Waals surface area contributed by atoms with Crippen molar-refractivity contribution in [3.05, 3.63) is 82.7 Å². The van der Waals surface area contributed by atoms with Crippen molar-refractivity contribution in [3.8, 4) is 11.5 Å². The monoisotopic (exact) mass is 416 g/mol. The summed E-state index contributed by atoms with van der Waals surface area (Å²) < 4.78 is 16.5. The smallest absolute Gasteiger partial charge is 0.343 e. The van der Waals surface area contributed by atoms with Gasteiger partial charge in [0.25, 0.3) is 0 Å². The molecule has 0 bridgehead atoms. The largest absolute Gasteiger partial charge is 0.494 e. The van der Waals surface area contributed by atoms with E-state index < -0.39 is 11.6 Å². The highest BCUT2D eigenvalue weighted by Gasteiger charge is 2.11. The highest BCUT2D eigenvalue weighted by Crippen LogP contribution is 2.24. The van der Waals surface area contributed by atoms with E-state index in [1.807, 2.05) is 30.3 Å². The van der Waals surface area contributed by atoms with Crippen molar-refractivity contribution in [2.24, 2.45) is 0 Å². The fourth-order valence-electron chi connectivity index (χ4n) is 3.44. The summed E-state index contributed by atoms with van der Waals surface area (Å²) in [6, 6.07) is 19.2. The third kappa shape index (κ3) is 5.12. The predicted molar refractivity (Wildman–Crippen MR) is 121 cm³/mol. The summed E-state index contributed by atoms with van der Waals surface area (Å²) >= 11 is 0. The molecule has 5 nitrogen and oxygen atoms in total. The number of benzene rings is 3. The zero-order chi connectivity index (χ0) is 21.6. The fraction of sp³-hybridized carbons (Fsp3) is 0.231. The molecule has 0 spiro atoms. The van der Waals surface area contributed by atoms with Gasteiger partial charge in [0.2, 0.25) is 0 Å². The number of ether oxygens (including phenoxy) is 2. The van der Waals surface area contributed by atoms with Gasteiger partial charge in [-0.25, -0.2) is 9.59 Å². The molecule has 0 aliphatic heterocycles. The molecule has 0 atom stereocenters. The number of rotatable bonds is 8. The van der Waals surface area contributed by atoms with Gasteiger partial charge in [-0.1, -0.05) is 38.3 Å². The van der Waals surface area contributed by atoms with E-state index >= 15 is 0 Å². The van der Waals surface area contributed by atoms with E-state index in [2.05, 4.69) is 6.92 Å². The number of hydrogen-bond acceptors (Lipinski definition) is 5. The van der Waals surface area contributed by atoms with E-state index in [4.69, 9.17) is 13.9 Å². The van der Waals surface area contributed by atoms with Gasteiger partial charge in [-0.15, -0.1) is 0 Å². The maximum Gasteiger partial charge on any atom is 0.343 e. The van der Waals surface area contributed by atoms with Crippen LogP contribution in [0.4, 0.5) is 0 Å². The minimum absolute atomic E-state index is 0.387. The van der Waals surface area contributed by atoms with Crippen molar-refractivity contribution >= 4 is 27.7 Å². The molecular formula is C26H24O5. The van der Waals surface area contributed by atoms with Crippen LogP contribution in [-0.2, 0) is 0 Å². The third-order valence-electron chi connectivity index (χ3n) is 5.12. The molecule has 4 aromatic rings. The molecule has 0 amide bonds. The minimum Gasteiger partial charge on any atom is -0.494 e. The van der Waals surface area contributed by atoms with Gasteiger partial charge in [-0.3, -0.25) is 0 Å². The number of hydrogen-bond donors (Lipinski definition) is 0. The van der Waals surface area contributed by atoms with Crippen molar-refractivity contribution < 1.29 is 18.7 Å². The van der Waals surface area contributed by atoms with Gasteiger partial charge < -0.3 is 13.9 Å². The highest BCUT2D eigenvalue weighted by molar-refractivity contribution is 5.97. The Balaban J connectivity index is 1.45. The first-order chi connectivity index (χ1) is 15.1. The lowest BCUT2D eigenvalue weighted by Gasteiger charge is -2.09. The van der Waals surface area contributed by atoms with E-state index in [1.54, 1.807) is 30.3 Å². The van der Waals surface area contributed by atoms with Crippen LogP contribution in [0.5, 0.6) is 11.5 Å². The Kier molecular flexibility index (Phi) is 6.32. The number of carbonyl (C=O) groups excluding carboxylic acids is 1. The molecule has 3 aromatic carbocycles. The molecule has 0 saturated heterocycles. The van der Waals surface area contributed by atoms with Gasteiger partial charge in [0.15, 0.2) is 0 Å². The van der Waals surface area contributed by atoms with E-state index in [9.17, 15) is 9.59 Å². The summed E-state index contributed by atoms with van der Waals surface area (Å²) in [5, 5.41) is 2.63. The van der Waals surface area contributed by atoms with E-state index in [1.165, 1.54) is 25.3 Å². The van der Waals surface area contributed by atoms with Crippen molar-refractivity contribution in [2.45, 2.75) is 32.6 Å². The minimum atomic E-state index is -0.449. The van der Waals surface area contributed by atoms with Crippen LogP contribution in [0.25, 0.3) is 21.7 Å². The van der Waals surface area contributed by atoms with Crippen LogP contribution in [0.15, 0.2) is 75.9 Å². The van der Waals surface area contributed by atoms with Crippen LogP contribution in [0, 0.1) is 0 Å². The normalized spacial score (nSPS) is 11.0. The third-order valence-corrected chi connectivity index (χ3v) is 5.12. The standard InChI is InChI=1S/C26H24O5/c1-2-3-4-5-14-29-22-10-8-18-15-21(7-6-19(18)16-22)26(28)30-23-11-12-24-20(17-23)9-13-25(27)31-24/h6-13,15-17H,2-5,14H2,1H3. The summed E-state index contributed by atoms with van der Waals surface area (Å²) in [6.45, 7) is 2.90. The molecule has 1 aromatic heterocycles. The molecule has 0 aliphatic carbocycles. The van der Waals surface area contributed by atoms with E-state index in [0.717, 1.165) is 22.9 Å². The molecule has 5 heteroatoms. The molecule has 1 heterocycles. The number of esters is 1. The first-order valence-corrected chi connectivity index (χ1v) is 10.5. The summed E-state index contributed by atoms with van der Waals surface area (Å²) in [5.41, 5.74) is 0.486. The fourth-order valence-corrected chi connectivity index (χ4v) is 3.44. The van der Waals surface area contributed by atoms with Crippen LogP contribution >= 0.6 is 0 Å². The van der Waals surface area contributed by atoms with E-state index in [0.29, 0.717) is 28.9 Å². The van der Waals surface area contributed by atoms with Crippen molar-refractivity contribution in [1.29, 1.82) is 0 Å². The first kappa shape index (κ1) is 20.7. The summed E-state index contributed by atoms with van der Waals surface area (Å²) in [7, 11) is 0. The Hall–Kier alpha value is -3.60. The van der Waals surface area contributed by atoms with Crippen molar-refractivity contribution in [3.63, 3.8) is 0 Å². The molecule has 0 radical (unpaired) electrons. The van der Waals surface area contributed by atoms with Crippen LogP contribution < -0.4 is 15.1 Å². The average Bonchev–Trinajstić information content (AvgIpc) is 2.78. The second kappa shape index (κ2) is 9.47. The van der Waals surface area contributed by atoms with Crippen molar-refractivity contribution in [2.75, 3.05) is 6.61 Å². The van der Waals surface area contributed by atoms with E-state index in [-0.39, 0.29) is 0 Å². The Morgan fingerprint density at radius 1 is 0.806 bits per heavy atom. The Bertz CT molecular complexity index is 1270. The molecule has 4 rings (SSSR count). The van der Waals surface area contributed by atoms with Gasteiger partial charge in [0, 0.05) is 11.5 Å². The lowest BCUT2D eigenvalue weighted by Crippen LogP contribution is -2.08. The highest BCUT2D eigenvalue weighted by atomic mass is 16.5. The molecular weight excluding hydrogens is 392 g/mol. The number of unbranched alkanes of at least 4 members (excludes halogenated alkanes) is 3. The topological polar surface area (TPSA) is 65.7 Å². The Morgan fingerprint density at radius 2 is 1.55 bits per heavy atom. The van der Waals surface area contributed by atoms with Gasteiger partial charge in [0.05, 0.1) is 12.2 Å². The van der Waals surface area contributed by atoms with Gasteiger partial charge >= 0.3 is 11.6 Å². The molecule has 0 unspecified atom stereocenters. The first-order valence-electron chi connectivity index (χ1n) is 10.5. The summed E-state index contributed by atoms with van der Waals surface area (Å²) in [4.78, 5) is 23.9. The maximum atomic E-state index is 12.6. The average molecular weight is 416 g/mol. The van der Waals surface area contributed by atoms with Crippen LogP contribution in [-0.4, -0.2) is 12.6 Å². The quantitative estimate of drug-likeness (QED) is 0.150. The second-order valence-corrected chi connectivity index (χ2v) is 7.48. The van der Waals surface area contributed by atoms with Crippen molar-refractivity contribution in [1.82, 2.24) is 0 Å². The molecule has 0 aliphatic rings. The zero-order valence-electron chi connectivity index (χ0n) is 17.4. The summed E-state index contributed by atoms with van der Waals surface area (Å²) in [5.74, 6) is 0.773. The molecule has 0 fully saturated rings. The number of fused-ring (bicyclic) bond motifs is 2. The summed E-state index contributed by atoms with van der Waals surface area (Å²) in [6.07, 6.45) is 4.67. The second-order valence-electron chi connectivity index (χ2n) is 7.48.